The van der Waals surface area contributed by atoms with Crippen molar-refractivity contribution in [2.24, 2.45) is 11.5 Å². The number of hydrogen-bond donors (Lipinski definition) is 4. The molecule has 0 aliphatic rings. The second-order valence-corrected chi connectivity index (χ2v) is 4.26. The molecule has 0 aliphatic carbocycles. The van der Waals surface area contributed by atoms with E-state index < -0.39 is 0 Å². The van der Waals surface area contributed by atoms with Gasteiger partial charge in [-0.2, -0.15) is 25.3 Å². The maximum absolute atomic E-state index is 5.55. The van der Waals surface area contributed by atoms with Crippen LogP contribution in [-0.2, 0) is 0 Å². The fourth-order valence-electron chi connectivity index (χ4n) is 0.853. The van der Waals surface area contributed by atoms with Crippen molar-refractivity contribution in [3.8, 4) is 0 Å². The molecule has 0 saturated carbocycles. The minimum Gasteiger partial charge on any atom is -0.327 e. The summed E-state index contributed by atoms with van der Waals surface area (Å²) >= 11 is 8.05. The summed E-state index contributed by atoms with van der Waals surface area (Å²) < 4.78 is 0. The molecule has 2 unspecified atom stereocenters. The zero-order valence-electron chi connectivity index (χ0n) is 9.95. The summed E-state index contributed by atoms with van der Waals surface area (Å²) in [5.41, 5.74) is 12.1. The third-order valence-corrected chi connectivity index (χ3v) is 2.93. The van der Waals surface area contributed by atoms with Crippen molar-refractivity contribution in [1.29, 1.82) is 0 Å². The zero-order chi connectivity index (χ0) is 12.3. The Labute approximate surface area is 106 Å². The van der Waals surface area contributed by atoms with Gasteiger partial charge in [-0.15, -0.1) is 0 Å². The fraction of sp³-hybridized carbons (Fsp3) is 0.818. The van der Waals surface area contributed by atoms with Gasteiger partial charge in [-0.3, -0.25) is 0 Å². The van der Waals surface area contributed by atoms with Gasteiger partial charge in [0.1, 0.15) is 0 Å². The first-order valence-corrected chi connectivity index (χ1v) is 6.70. The molecule has 0 rings (SSSR count). The summed E-state index contributed by atoms with van der Waals surface area (Å²) in [5.74, 6) is 1.51. The van der Waals surface area contributed by atoms with Gasteiger partial charge in [0.15, 0.2) is 0 Å². The summed E-state index contributed by atoms with van der Waals surface area (Å²) in [7, 11) is 0. The van der Waals surface area contributed by atoms with Crippen LogP contribution in [0.1, 0.15) is 33.1 Å². The van der Waals surface area contributed by atoms with Gasteiger partial charge in [-0.05, 0) is 12.8 Å². The Balaban J connectivity index is 0. The Morgan fingerprint density at radius 2 is 1.73 bits per heavy atom. The van der Waals surface area contributed by atoms with E-state index in [1.807, 2.05) is 6.92 Å². The number of thiol groups is 2. The Bertz CT molecular complexity index is 152. The molecule has 0 fully saturated rings. The zero-order valence-corrected chi connectivity index (χ0v) is 11.7. The molecule has 0 saturated heterocycles. The number of nitrogens with two attached hydrogens (primary N) is 2. The molecule has 92 valence electrons. The largest absolute Gasteiger partial charge is 0.327 e. The first-order chi connectivity index (χ1) is 7.03. The van der Waals surface area contributed by atoms with E-state index in [2.05, 4.69) is 38.8 Å². The van der Waals surface area contributed by atoms with Crippen molar-refractivity contribution < 1.29 is 0 Å². The average Bonchev–Trinajstić information content (AvgIpc) is 2.27. The standard InChI is InChI=1S/C6H13NS.C5H13NS/c1-3-5(2)6(7)4-8;1-2-3-5(6)4-7/h6,8H,2-4,7H2,1H3;5,7H,2-4,6H2,1H3. The SMILES string of the molecule is C=C(CC)C(N)CS.CCCC(N)CS. The molecule has 0 heterocycles. The highest BCUT2D eigenvalue weighted by Gasteiger charge is 1.99. The van der Waals surface area contributed by atoms with E-state index in [1.54, 1.807) is 0 Å². The van der Waals surface area contributed by atoms with Gasteiger partial charge in [0.05, 0.1) is 0 Å². The Kier molecular flexibility index (Phi) is 14.7. The van der Waals surface area contributed by atoms with Crippen molar-refractivity contribution in [2.75, 3.05) is 11.5 Å². The van der Waals surface area contributed by atoms with Crippen LogP contribution in [0.3, 0.4) is 0 Å². The molecule has 0 spiro atoms. The predicted octanol–water partition coefficient (Wildman–Crippen LogP) is 2.25. The highest BCUT2D eigenvalue weighted by atomic mass is 32.1. The second-order valence-electron chi connectivity index (χ2n) is 3.53. The summed E-state index contributed by atoms with van der Waals surface area (Å²) in [6.07, 6.45) is 3.23. The van der Waals surface area contributed by atoms with E-state index in [9.17, 15) is 0 Å². The molecule has 2 atom stereocenters. The highest BCUT2D eigenvalue weighted by Crippen LogP contribution is 2.01. The van der Waals surface area contributed by atoms with Crippen molar-refractivity contribution in [2.45, 2.75) is 45.2 Å². The van der Waals surface area contributed by atoms with Gasteiger partial charge >= 0.3 is 0 Å². The topological polar surface area (TPSA) is 52.0 Å². The van der Waals surface area contributed by atoms with Crippen LogP contribution >= 0.6 is 25.3 Å². The van der Waals surface area contributed by atoms with Gasteiger partial charge in [-0.25, -0.2) is 0 Å². The number of rotatable bonds is 6. The predicted molar refractivity (Wildman–Crippen MR) is 78.0 cm³/mol. The van der Waals surface area contributed by atoms with Crippen molar-refractivity contribution in [3.63, 3.8) is 0 Å². The van der Waals surface area contributed by atoms with E-state index in [0.29, 0.717) is 11.8 Å². The summed E-state index contributed by atoms with van der Waals surface area (Å²) in [6.45, 7) is 7.95. The van der Waals surface area contributed by atoms with Gasteiger partial charge in [0.25, 0.3) is 0 Å². The Morgan fingerprint density at radius 1 is 1.20 bits per heavy atom. The molecule has 2 nitrogen and oxygen atoms in total. The molecule has 0 aromatic carbocycles. The van der Waals surface area contributed by atoms with E-state index >= 15 is 0 Å². The van der Waals surface area contributed by atoms with E-state index in [0.717, 1.165) is 24.2 Å². The van der Waals surface area contributed by atoms with Gasteiger partial charge in [-0.1, -0.05) is 32.4 Å². The fourth-order valence-corrected chi connectivity index (χ4v) is 1.29. The van der Waals surface area contributed by atoms with Crippen molar-refractivity contribution in [3.05, 3.63) is 12.2 Å². The molecule has 0 aliphatic heterocycles. The Hall–Kier alpha value is 0.360. The molecule has 0 amide bonds. The minimum absolute atomic E-state index is 0.0864. The summed E-state index contributed by atoms with van der Waals surface area (Å²) in [5, 5.41) is 0. The molecular weight excluding hydrogens is 224 g/mol. The van der Waals surface area contributed by atoms with E-state index in [-0.39, 0.29) is 6.04 Å². The molecule has 4 N–H and O–H groups in total. The quantitative estimate of drug-likeness (QED) is 0.432. The first kappa shape index (κ1) is 17.7. The second kappa shape index (κ2) is 12.4. The van der Waals surface area contributed by atoms with Crippen LogP contribution in [0.15, 0.2) is 12.2 Å². The van der Waals surface area contributed by atoms with Crippen LogP contribution in [0, 0.1) is 0 Å². The molecule has 0 aromatic heterocycles. The summed E-state index contributed by atoms with van der Waals surface area (Å²) in [6, 6.07) is 0.400. The molecule has 0 aromatic rings. The van der Waals surface area contributed by atoms with Crippen LogP contribution in [-0.4, -0.2) is 23.6 Å². The lowest BCUT2D eigenvalue weighted by Crippen LogP contribution is -2.23. The first-order valence-electron chi connectivity index (χ1n) is 5.43. The van der Waals surface area contributed by atoms with Crippen LogP contribution in [0.25, 0.3) is 0 Å². The molecule has 0 bridgehead atoms. The normalized spacial score (nSPS) is 13.7. The summed E-state index contributed by atoms with van der Waals surface area (Å²) in [4.78, 5) is 0. The van der Waals surface area contributed by atoms with Crippen molar-refractivity contribution >= 4 is 25.3 Å². The maximum Gasteiger partial charge on any atom is 0.0340 e. The average molecular weight is 250 g/mol. The minimum atomic E-state index is 0.0864. The lowest BCUT2D eigenvalue weighted by atomic mass is 10.1. The lowest BCUT2D eigenvalue weighted by molar-refractivity contribution is 0.662. The number of hydrogen-bond acceptors (Lipinski definition) is 4. The van der Waals surface area contributed by atoms with Crippen LogP contribution in [0.2, 0.25) is 0 Å². The smallest absolute Gasteiger partial charge is 0.0340 e. The van der Waals surface area contributed by atoms with Crippen LogP contribution in [0.5, 0.6) is 0 Å². The molecular formula is C11H26N2S2. The van der Waals surface area contributed by atoms with E-state index in [1.165, 1.54) is 6.42 Å². The van der Waals surface area contributed by atoms with E-state index in [4.69, 9.17) is 11.5 Å². The van der Waals surface area contributed by atoms with Gasteiger partial charge in [0.2, 0.25) is 0 Å². The molecule has 15 heavy (non-hydrogen) atoms. The third kappa shape index (κ3) is 12.3. The lowest BCUT2D eigenvalue weighted by Gasteiger charge is -2.07. The van der Waals surface area contributed by atoms with Crippen molar-refractivity contribution in [1.82, 2.24) is 0 Å². The highest BCUT2D eigenvalue weighted by molar-refractivity contribution is 7.80. The maximum atomic E-state index is 5.55. The van der Waals surface area contributed by atoms with Gasteiger partial charge < -0.3 is 11.5 Å². The van der Waals surface area contributed by atoms with Gasteiger partial charge in [0, 0.05) is 23.6 Å². The van der Waals surface area contributed by atoms with Crippen LogP contribution in [0.4, 0.5) is 0 Å². The molecule has 0 radical (unpaired) electrons. The Morgan fingerprint density at radius 3 is 1.87 bits per heavy atom. The molecule has 4 heteroatoms. The van der Waals surface area contributed by atoms with Crippen LogP contribution < -0.4 is 11.5 Å². The monoisotopic (exact) mass is 250 g/mol. The third-order valence-electron chi connectivity index (χ3n) is 2.07.